The fourth-order valence-electron chi connectivity index (χ4n) is 2.96. The number of carbonyl (C=O) groups is 1. The van der Waals surface area contributed by atoms with Crippen molar-refractivity contribution < 1.29 is 9.90 Å². The zero-order valence-corrected chi connectivity index (χ0v) is 11.6. The van der Waals surface area contributed by atoms with Gasteiger partial charge in [-0.05, 0) is 37.4 Å². The molecule has 0 radical (unpaired) electrons. The van der Waals surface area contributed by atoms with Gasteiger partial charge in [-0.15, -0.1) is 0 Å². The van der Waals surface area contributed by atoms with Crippen molar-refractivity contribution >= 4 is 5.97 Å². The van der Waals surface area contributed by atoms with Crippen LogP contribution < -0.4 is 0 Å². The molecular weight excluding hydrogens is 238 g/mol. The van der Waals surface area contributed by atoms with Gasteiger partial charge in [-0.25, -0.2) is 4.79 Å². The zero-order valence-electron chi connectivity index (χ0n) is 11.6. The maximum absolute atomic E-state index is 11.2. The Morgan fingerprint density at radius 3 is 2.95 bits per heavy atom. The minimum atomic E-state index is -0.820. The van der Waals surface area contributed by atoms with Gasteiger partial charge in [0, 0.05) is 12.6 Å². The van der Waals surface area contributed by atoms with Gasteiger partial charge in [0.2, 0.25) is 0 Å². The Bertz CT molecular complexity index is 431. The summed E-state index contributed by atoms with van der Waals surface area (Å²) in [4.78, 5) is 13.7. The molecule has 2 rings (SSSR count). The largest absolute Gasteiger partial charge is 0.478 e. The average Bonchev–Trinajstić information content (AvgIpc) is 2.84. The minimum Gasteiger partial charge on any atom is -0.478 e. The molecular formula is C16H23NO2. The van der Waals surface area contributed by atoms with Crippen LogP contribution >= 0.6 is 0 Å². The van der Waals surface area contributed by atoms with E-state index in [-0.39, 0.29) is 0 Å². The Morgan fingerprint density at radius 2 is 2.21 bits per heavy atom. The second kappa shape index (κ2) is 6.71. The molecule has 1 heterocycles. The van der Waals surface area contributed by atoms with E-state index in [9.17, 15) is 9.90 Å². The van der Waals surface area contributed by atoms with Crippen molar-refractivity contribution in [2.24, 2.45) is 0 Å². The van der Waals surface area contributed by atoms with Gasteiger partial charge >= 0.3 is 5.97 Å². The molecule has 1 aliphatic rings. The predicted octanol–water partition coefficient (Wildman–Crippen LogP) is 3.54. The molecule has 1 atom stereocenters. The number of likely N-dealkylation sites (tertiary alicyclic amines) is 1. The molecule has 0 amide bonds. The van der Waals surface area contributed by atoms with Crippen LogP contribution in [0.4, 0.5) is 0 Å². The summed E-state index contributed by atoms with van der Waals surface area (Å²) in [5, 5.41) is 9.23. The van der Waals surface area contributed by atoms with E-state index in [1.54, 1.807) is 12.1 Å². The lowest BCUT2D eigenvalue weighted by atomic mass is 10.0. The van der Waals surface area contributed by atoms with Gasteiger partial charge in [-0.1, -0.05) is 38.0 Å². The number of carboxylic acid groups (broad SMARTS) is 1. The second-order valence-electron chi connectivity index (χ2n) is 5.37. The standard InChI is InChI=1S/C16H23NO2/c1-2-3-8-14-9-6-11-17(14)12-13-7-4-5-10-15(13)16(18)19/h4-5,7,10,14H,2-3,6,8-9,11-12H2,1H3,(H,18,19). The number of nitrogens with zero attached hydrogens (tertiary/aromatic N) is 1. The average molecular weight is 261 g/mol. The van der Waals surface area contributed by atoms with Crippen LogP contribution in [0, 0.1) is 0 Å². The first-order chi connectivity index (χ1) is 9.22. The molecule has 1 aromatic carbocycles. The van der Waals surface area contributed by atoms with Gasteiger partial charge in [0.25, 0.3) is 0 Å². The predicted molar refractivity (Wildman–Crippen MR) is 76.4 cm³/mol. The molecule has 0 aliphatic carbocycles. The van der Waals surface area contributed by atoms with Gasteiger partial charge in [0.1, 0.15) is 0 Å². The van der Waals surface area contributed by atoms with E-state index < -0.39 is 5.97 Å². The lowest BCUT2D eigenvalue weighted by Crippen LogP contribution is -2.29. The van der Waals surface area contributed by atoms with Gasteiger partial charge in [-0.3, -0.25) is 4.90 Å². The highest BCUT2D eigenvalue weighted by atomic mass is 16.4. The molecule has 3 nitrogen and oxygen atoms in total. The summed E-state index contributed by atoms with van der Waals surface area (Å²) in [5.74, 6) is -0.820. The van der Waals surface area contributed by atoms with Crippen molar-refractivity contribution in [3.05, 3.63) is 35.4 Å². The summed E-state index contributed by atoms with van der Waals surface area (Å²) < 4.78 is 0. The number of rotatable bonds is 6. The third kappa shape index (κ3) is 3.57. The number of unbranched alkanes of at least 4 members (excludes halogenated alkanes) is 1. The fourth-order valence-corrected chi connectivity index (χ4v) is 2.96. The van der Waals surface area contributed by atoms with E-state index in [1.807, 2.05) is 12.1 Å². The first kappa shape index (κ1) is 14.1. The van der Waals surface area contributed by atoms with E-state index in [0.717, 1.165) is 18.7 Å². The summed E-state index contributed by atoms with van der Waals surface area (Å²) in [6.45, 7) is 4.10. The van der Waals surface area contributed by atoms with E-state index in [1.165, 1.54) is 32.1 Å². The number of aromatic carboxylic acids is 1. The molecule has 1 N–H and O–H groups in total. The van der Waals surface area contributed by atoms with E-state index in [2.05, 4.69) is 11.8 Å². The van der Waals surface area contributed by atoms with Crippen LogP contribution in [-0.4, -0.2) is 28.6 Å². The number of carboxylic acids is 1. The third-order valence-corrected chi connectivity index (χ3v) is 4.01. The Labute approximate surface area is 115 Å². The highest BCUT2D eigenvalue weighted by molar-refractivity contribution is 5.89. The monoisotopic (exact) mass is 261 g/mol. The molecule has 0 bridgehead atoms. The molecule has 19 heavy (non-hydrogen) atoms. The summed E-state index contributed by atoms with van der Waals surface area (Å²) >= 11 is 0. The maximum atomic E-state index is 11.2. The smallest absolute Gasteiger partial charge is 0.336 e. The molecule has 0 saturated carbocycles. The Balaban J connectivity index is 2.05. The van der Waals surface area contributed by atoms with Crippen LogP contribution in [0.1, 0.15) is 54.9 Å². The van der Waals surface area contributed by atoms with Crippen LogP contribution in [0.5, 0.6) is 0 Å². The Morgan fingerprint density at radius 1 is 1.42 bits per heavy atom. The van der Waals surface area contributed by atoms with Crippen molar-refractivity contribution in [3.63, 3.8) is 0 Å². The highest BCUT2D eigenvalue weighted by Crippen LogP contribution is 2.25. The molecule has 1 saturated heterocycles. The van der Waals surface area contributed by atoms with Crippen LogP contribution in [0.3, 0.4) is 0 Å². The summed E-state index contributed by atoms with van der Waals surface area (Å²) in [5.41, 5.74) is 1.39. The molecule has 3 heteroatoms. The number of benzene rings is 1. The van der Waals surface area contributed by atoms with Crippen molar-refractivity contribution in [1.82, 2.24) is 4.90 Å². The van der Waals surface area contributed by atoms with Gasteiger partial charge in [0.15, 0.2) is 0 Å². The van der Waals surface area contributed by atoms with Gasteiger partial charge in [-0.2, -0.15) is 0 Å². The van der Waals surface area contributed by atoms with Crippen LogP contribution in [0.2, 0.25) is 0 Å². The highest BCUT2D eigenvalue weighted by Gasteiger charge is 2.24. The van der Waals surface area contributed by atoms with Gasteiger partial charge in [0.05, 0.1) is 5.56 Å². The normalized spacial score (nSPS) is 19.7. The quantitative estimate of drug-likeness (QED) is 0.851. The Kier molecular flexibility index (Phi) is 4.97. The van der Waals surface area contributed by atoms with Crippen molar-refractivity contribution in [2.45, 2.75) is 51.6 Å². The lowest BCUT2D eigenvalue weighted by Gasteiger charge is -2.25. The molecule has 1 aromatic rings. The van der Waals surface area contributed by atoms with Gasteiger partial charge < -0.3 is 5.11 Å². The fraction of sp³-hybridized carbons (Fsp3) is 0.562. The first-order valence-corrected chi connectivity index (χ1v) is 7.27. The van der Waals surface area contributed by atoms with Crippen LogP contribution in [-0.2, 0) is 6.54 Å². The molecule has 0 aromatic heterocycles. The second-order valence-corrected chi connectivity index (χ2v) is 5.37. The summed E-state index contributed by atoms with van der Waals surface area (Å²) in [6, 6.07) is 8.01. The van der Waals surface area contributed by atoms with E-state index in [0.29, 0.717) is 11.6 Å². The molecule has 1 unspecified atom stereocenters. The third-order valence-electron chi connectivity index (χ3n) is 4.01. The molecule has 104 valence electrons. The van der Waals surface area contributed by atoms with Crippen molar-refractivity contribution in [3.8, 4) is 0 Å². The minimum absolute atomic E-state index is 0.448. The zero-order chi connectivity index (χ0) is 13.7. The van der Waals surface area contributed by atoms with Crippen LogP contribution in [0.15, 0.2) is 24.3 Å². The lowest BCUT2D eigenvalue weighted by molar-refractivity contribution is 0.0694. The Hall–Kier alpha value is -1.35. The first-order valence-electron chi connectivity index (χ1n) is 7.27. The molecule has 1 aliphatic heterocycles. The number of hydrogen-bond acceptors (Lipinski definition) is 2. The molecule has 0 spiro atoms. The van der Waals surface area contributed by atoms with Crippen molar-refractivity contribution in [2.75, 3.05) is 6.54 Å². The number of hydrogen-bond donors (Lipinski definition) is 1. The molecule has 1 fully saturated rings. The maximum Gasteiger partial charge on any atom is 0.336 e. The van der Waals surface area contributed by atoms with E-state index >= 15 is 0 Å². The van der Waals surface area contributed by atoms with Crippen LogP contribution in [0.25, 0.3) is 0 Å². The van der Waals surface area contributed by atoms with Crippen molar-refractivity contribution in [1.29, 1.82) is 0 Å². The summed E-state index contributed by atoms with van der Waals surface area (Å²) in [7, 11) is 0. The summed E-state index contributed by atoms with van der Waals surface area (Å²) in [6.07, 6.45) is 6.24. The SMILES string of the molecule is CCCCC1CCCN1Cc1ccccc1C(=O)O. The topological polar surface area (TPSA) is 40.5 Å². The van der Waals surface area contributed by atoms with E-state index in [4.69, 9.17) is 0 Å².